The molecule has 9 heteroatoms. The van der Waals surface area contributed by atoms with E-state index in [2.05, 4.69) is 20.8 Å². The number of carbonyl (C=O) groups is 3. The van der Waals surface area contributed by atoms with Gasteiger partial charge in [0.2, 0.25) is 17.7 Å². The first-order chi connectivity index (χ1) is 17.0. The molecule has 2 aromatic heterocycles. The molecule has 3 aromatic rings. The predicted octanol–water partition coefficient (Wildman–Crippen LogP) is 3.93. The Hall–Kier alpha value is -4.01. The van der Waals surface area contributed by atoms with E-state index in [0.717, 1.165) is 25.7 Å². The number of rotatable bonds is 9. The zero-order valence-corrected chi connectivity index (χ0v) is 19.6. The molecular weight excluding hydrogens is 446 g/mol. The fourth-order valence-corrected chi connectivity index (χ4v) is 4.31. The largest absolute Gasteiger partial charge is 0.360 e. The summed E-state index contributed by atoms with van der Waals surface area (Å²) in [6.07, 6.45) is 7.06. The molecule has 1 aliphatic rings. The van der Waals surface area contributed by atoms with E-state index in [1.165, 1.54) is 4.90 Å². The van der Waals surface area contributed by atoms with Gasteiger partial charge in [0.25, 0.3) is 0 Å². The van der Waals surface area contributed by atoms with E-state index in [-0.39, 0.29) is 36.6 Å². The highest BCUT2D eigenvalue weighted by Crippen LogP contribution is 2.30. The molecule has 0 unspecified atom stereocenters. The smallest absolute Gasteiger partial charge is 0.248 e. The zero-order chi connectivity index (χ0) is 24.6. The minimum absolute atomic E-state index is 0.0681. The third kappa shape index (κ3) is 6.32. The monoisotopic (exact) mass is 475 g/mol. The van der Waals surface area contributed by atoms with E-state index >= 15 is 0 Å². The van der Waals surface area contributed by atoms with Crippen LogP contribution < -0.4 is 15.5 Å². The van der Waals surface area contributed by atoms with Crippen molar-refractivity contribution in [3.8, 4) is 0 Å². The summed E-state index contributed by atoms with van der Waals surface area (Å²) in [5.41, 5.74) is 1.23. The lowest BCUT2D eigenvalue weighted by Crippen LogP contribution is -2.46. The van der Waals surface area contributed by atoms with E-state index in [4.69, 9.17) is 4.52 Å². The summed E-state index contributed by atoms with van der Waals surface area (Å²) in [7, 11) is 0. The maximum absolute atomic E-state index is 13.6. The van der Waals surface area contributed by atoms with Crippen LogP contribution in [0.15, 0.2) is 65.4 Å². The molecule has 182 valence electrons. The Morgan fingerprint density at radius 2 is 1.77 bits per heavy atom. The van der Waals surface area contributed by atoms with Crippen molar-refractivity contribution < 1.29 is 18.9 Å². The normalized spacial score (nSPS) is 14.3. The summed E-state index contributed by atoms with van der Waals surface area (Å²) >= 11 is 0. The number of benzene rings is 1. The van der Waals surface area contributed by atoms with Crippen molar-refractivity contribution in [1.82, 2.24) is 15.5 Å². The van der Waals surface area contributed by atoms with Crippen LogP contribution in [0.2, 0.25) is 0 Å². The minimum Gasteiger partial charge on any atom is -0.360 e. The third-order valence-electron chi connectivity index (χ3n) is 5.99. The number of aryl methyl sites for hydroxylation is 1. The first-order valence-electron chi connectivity index (χ1n) is 11.8. The molecule has 0 bridgehead atoms. The number of carbonyl (C=O) groups excluding carboxylic acids is 3. The fourth-order valence-electron chi connectivity index (χ4n) is 4.31. The molecule has 2 N–H and O–H groups in total. The van der Waals surface area contributed by atoms with Gasteiger partial charge in [-0.05, 0) is 49.6 Å². The van der Waals surface area contributed by atoms with Crippen molar-refractivity contribution in [3.63, 3.8) is 0 Å². The predicted molar refractivity (Wildman–Crippen MR) is 130 cm³/mol. The second-order valence-electron chi connectivity index (χ2n) is 8.64. The van der Waals surface area contributed by atoms with Crippen LogP contribution in [-0.4, -0.2) is 33.9 Å². The van der Waals surface area contributed by atoms with E-state index in [1.807, 2.05) is 18.2 Å². The van der Waals surface area contributed by atoms with E-state index < -0.39 is 6.04 Å². The summed E-state index contributed by atoms with van der Waals surface area (Å²) in [6.45, 7) is 1.72. The van der Waals surface area contributed by atoms with Gasteiger partial charge in [0, 0.05) is 43.0 Å². The van der Waals surface area contributed by atoms with Gasteiger partial charge in [0.15, 0.2) is 5.82 Å². The standard InChI is InChI=1S/C26H29N5O4/c1-18-17-22(30-35-18)29-23(32)11-12-24(33)31(21-9-3-2-4-10-21)25(19-13-15-27-16-14-19)26(34)28-20-7-5-6-8-20/h2-4,9-10,13-17,20,25H,5-8,11-12H2,1H3,(H,28,34)(H,29,30,32)/t25-/m1/s1. The summed E-state index contributed by atoms with van der Waals surface area (Å²) in [4.78, 5) is 45.1. The number of aromatic nitrogens is 2. The second kappa shape index (κ2) is 11.4. The lowest BCUT2D eigenvalue weighted by molar-refractivity contribution is -0.127. The summed E-state index contributed by atoms with van der Waals surface area (Å²) in [5, 5.41) is 9.50. The van der Waals surface area contributed by atoms with Gasteiger partial charge in [0.1, 0.15) is 11.8 Å². The molecule has 1 aromatic carbocycles. The minimum atomic E-state index is -0.894. The molecule has 1 fully saturated rings. The number of hydrogen-bond donors (Lipinski definition) is 2. The maximum Gasteiger partial charge on any atom is 0.248 e. The molecule has 0 radical (unpaired) electrons. The molecule has 9 nitrogen and oxygen atoms in total. The molecule has 0 spiro atoms. The number of hydrogen-bond acceptors (Lipinski definition) is 6. The topological polar surface area (TPSA) is 117 Å². The molecular formula is C26H29N5O4. The Kier molecular flexibility index (Phi) is 7.87. The molecule has 3 amide bonds. The second-order valence-corrected chi connectivity index (χ2v) is 8.64. The molecule has 4 rings (SSSR count). The average Bonchev–Trinajstić information content (AvgIpc) is 3.53. The van der Waals surface area contributed by atoms with Crippen LogP contribution in [0.3, 0.4) is 0 Å². The van der Waals surface area contributed by atoms with Gasteiger partial charge in [-0.2, -0.15) is 0 Å². The highest BCUT2D eigenvalue weighted by Gasteiger charge is 2.34. The van der Waals surface area contributed by atoms with Crippen LogP contribution in [0.5, 0.6) is 0 Å². The number of pyridine rings is 1. The van der Waals surface area contributed by atoms with Crippen molar-refractivity contribution in [2.75, 3.05) is 10.2 Å². The molecule has 2 heterocycles. The highest BCUT2D eigenvalue weighted by atomic mass is 16.5. The first-order valence-corrected chi connectivity index (χ1v) is 11.8. The fraction of sp³-hybridized carbons (Fsp3) is 0.346. The van der Waals surface area contributed by atoms with Gasteiger partial charge in [-0.15, -0.1) is 0 Å². The van der Waals surface area contributed by atoms with Crippen LogP contribution in [0, 0.1) is 6.92 Å². The summed E-state index contributed by atoms with van der Waals surface area (Å²) in [5.74, 6) is -0.0880. The molecule has 0 aliphatic heterocycles. The Morgan fingerprint density at radius 3 is 2.43 bits per heavy atom. The highest BCUT2D eigenvalue weighted by molar-refractivity contribution is 6.03. The molecule has 1 atom stereocenters. The van der Waals surface area contributed by atoms with Crippen LogP contribution in [-0.2, 0) is 14.4 Å². The Bertz CT molecular complexity index is 1140. The SMILES string of the molecule is Cc1cc(NC(=O)CCC(=O)N(c2ccccc2)[C@@H](C(=O)NC2CCCC2)c2ccncc2)no1. The zero-order valence-electron chi connectivity index (χ0n) is 19.6. The number of para-hydroxylation sites is 1. The van der Waals surface area contributed by atoms with Gasteiger partial charge < -0.3 is 15.2 Å². The maximum atomic E-state index is 13.6. The lowest BCUT2D eigenvalue weighted by Gasteiger charge is -2.32. The van der Waals surface area contributed by atoms with E-state index in [1.54, 1.807) is 49.6 Å². The quantitative estimate of drug-likeness (QED) is 0.484. The summed E-state index contributed by atoms with van der Waals surface area (Å²) in [6, 6.07) is 13.3. The average molecular weight is 476 g/mol. The first kappa shape index (κ1) is 24.1. The Balaban J connectivity index is 1.57. The van der Waals surface area contributed by atoms with Crippen LogP contribution >= 0.6 is 0 Å². The third-order valence-corrected chi connectivity index (χ3v) is 5.99. The summed E-state index contributed by atoms with van der Waals surface area (Å²) < 4.78 is 4.96. The van der Waals surface area contributed by atoms with Crippen LogP contribution in [0.4, 0.5) is 11.5 Å². The number of nitrogens with zero attached hydrogens (tertiary/aromatic N) is 3. The number of amides is 3. The Labute approximate surface area is 203 Å². The molecule has 35 heavy (non-hydrogen) atoms. The van der Waals surface area contributed by atoms with Crippen molar-refractivity contribution in [1.29, 1.82) is 0 Å². The molecule has 0 saturated heterocycles. The molecule has 1 aliphatic carbocycles. The lowest BCUT2D eigenvalue weighted by atomic mass is 10.0. The van der Waals surface area contributed by atoms with E-state index in [9.17, 15) is 14.4 Å². The van der Waals surface area contributed by atoms with E-state index in [0.29, 0.717) is 22.8 Å². The van der Waals surface area contributed by atoms with Crippen molar-refractivity contribution >= 4 is 29.2 Å². The van der Waals surface area contributed by atoms with Crippen molar-refractivity contribution in [3.05, 3.63) is 72.2 Å². The Morgan fingerprint density at radius 1 is 1.06 bits per heavy atom. The van der Waals surface area contributed by atoms with Crippen molar-refractivity contribution in [2.45, 2.75) is 57.5 Å². The van der Waals surface area contributed by atoms with Crippen LogP contribution in [0.1, 0.15) is 55.9 Å². The van der Waals surface area contributed by atoms with Gasteiger partial charge in [-0.25, -0.2) is 0 Å². The number of anilines is 2. The van der Waals surface area contributed by atoms with Crippen LogP contribution in [0.25, 0.3) is 0 Å². The van der Waals surface area contributed by atoms with Gasteiger partial charge >= 0.3 is 0 Å². The van der Waals surface area contributed by atoms with Gasteiger partial charge in [-0.1, -0.05) is 36.2 Å². The van der Waals surface area contributed by atoms with Gasteiger partial charge in [0.05, 0.1) is 0 Å². The molecule has 1 saturated carbocycles. The van der Waals surface area contributed by atoms with Crippen molar-refractivity contribution in [2.24, 2.45) is 0 Å². The van der Waals surface area contributed by atoms with Gasteiger partial charge in [-0.3, -0.25) is 24.3 Å². The number of nitrogens with one attached hydrogen (secondary N) is 2.